The number of carbonyl (C=O) groups is 1. The normalized spacial score (nSPS) is 18.8. The Balaban J connectivity index is 1.85. The van der Waals surface area contributed by atoms with Gasteiger partial charge in [0.15, 0.2) is 5.65 Å². The average Bonchev–Trinajstić information content (AvgIpc) is 3.01. The molecule has 1 atom stereocenters. The van der Waals surface area contributed by atoms with Crippen LogP contribution in [0.3, 0.4) is 0 Å². The van der Waals surface area contributed by atoms with Gasteiger partial charge in [0.25, 0.3) is 0 Å². The topological polar surface area (TPSA) is 111 Å². The summed E-state index contributed by atoms with van der Waals surface area (Å²) in [6, 6.07) is 1.87. The fourth-order valence-electron chi connectivity index (χ4n) is 2.28. The summed E-state index contributed by atoms with van der Waals surface area (Å²) in [6.07, 6.45) is 3.72. The molecule has 0 aliphatic carbocycles. The summed E-state index contributed by atoms with van der Waals surface area (Å²) in [4.78, 5) is 20.6. The molecule has 96 valence electrons. The third-order valence-corrected chi connectivity index (χ3v) is 3.20. The van der Waals surface area contributed by atoms with E-state index in [0.717, 1.165) is 11.1 Å². The van der Waals surface area contributed by atoms with Gasteiger partial charge in [0.05, 0.1) is 18.1 Å². The minimum Gasteiger partial charge on any atom is -0.311 e. The quantitative estimate of drug-likeness (QED) is 0.512. The highest BCUT2D eigenvalue weighted by Crippen LogP contribution is 2.26. The van der Waals surface area contributed by atoms with Gasteiger partial charge in [0.2, 0.25) is 5.91 Å². The summed E-state index contributed by atoms with van der Waals surface area (Å²) < 4.78 is 0. The molecule has 19 heavy (non-hydrogen) atoms. The van der Waals surface area contributed by atoms with E-state index < -0.39 is 0 Å². The molecule has 0 radical (unpaired) electrons. The lowest BCUT2D eigenvalue weighted by molar-refractivity contribution is -0.117. The largest absolute Gasteiger partial charge is 0.311 e. The molecule has 1 saturated heterocycles. The van der Waals surface area contributed by atoms with Gasteiger partial charge >= 0.3 is 0 Å². The Labute approximate surface area is 108 Å². The van der Waals surface area contributed by atoms with Crippen LogP contribution in [0.2, 0.25) is 0 Å². The first-order chi connectivity index (χ1) is 9.28. The summed E-state index contributed by atoms with van der Waals surface area (Å²) in [6.45, 7) is 0.906. The zero-order chi connectivity index (χ0) is 13.2. The van der Waals surface area contributed by atoms with Crippen LogP contribution in [0.1, 0.15) is 6.42 Å². The fourth-order valence-corrected chi connectivity index (χ4v) is 2.28. The van der Waals surface area contributed by atoms with E-state index in [1.54, 1.807) is 17.3 Å². The number of nitrogens with zero attached hydrogens (tertiary/aromatic N) is 6. The molecule has 1 N–H and O–H groups in total. The van der Waals surface area contributed by atoms with Crippen molar-refractivity contribution in [2.24, 2.45) is 11.0 Å². The number of carbonyl (C=O) groups excluding carboxylic acids is 1. The average molecular weight is 257 g/mol. The van der Waals surface area contributed by atoms with Crippen LogP contribution in [0.4, 0.5) is 5.69 Å². The summed E-state index contributed by atoms with van der Waals surface area (Å²) in [5, 5.41) is 11.1. The number of azide groups is 1. The number of pyridine rings is 1. The molecule has 0 spiro atoms. The highest BCUT2D eigenvalue weighted by Gasteiger charge is 2.30. The van der Waals surface area contributed by atoms with Crippen molar-refractivity contribution in [1.82, 2.24) is 15.2 Å². The van der Waals surface area contributed by atoms with Crippen molar-refractivity contribution in [3.8, 4) is 0 Å². The molecular formula is C11H11N7O. The molecule has 1 unspecified atom stereocenters. The molecule has 0 saturated carbocycles. The molecule has 8 nitrogen and oxygen atoms in total. The zero-order valence-corrected chi connectivity index (χ0v) is 10.0. The lowest BCUT2D eigenvalue weighted by atomic mass is 10.1. The van der Waals surface area contributed by atoms with E-state index >= 15 is 0 Å². The number of aromatic amines is 1. The number of hydrogen-bond donors (Lipinski definition) is 1. The predicted octanol–water partition coefficient (Wildman–Crippen LogP) is 1.62. The van der Waals surface area contributed by atoms with Crippen molar-refractivity contribution in [1.29, 1.82) is 0 Å². The van der Waals surface area contributed by atoms with Crippen molar-refractivity contribution in [2.75, 3.05) is 18.0 Å². The van der Waals surface area contributed by atoms with Gasteiger partial charge in [-0.1, -0.05) is 5.11 Å². The maximum absolute atomic E-state index is 12.0. The molecule has 2 aromatic heterocycles. The lowest BCUT2D eigenvalue weighted by Crippen LogP contribution is -2.24. The van der Waals surface area contributed by atoms with Crippen LogP contribution in [0.15, 0.2) is 23.6 Å². The standard InChI is InChI=1S/C11H11N7O/c12-17-15-3-7-1-10(19)18(6-7)9-2-8-4-14-16-11(8)13-5-9/h2,4-5,7H,1,3,6H2,(H,13,14,16). The Kier molecular flexibility index (Phi) is 2.77. The molecule has 3 rings (SSSR count). The zero-order valence-electron chi connectivity index (χ0n) is 10.0. The number of rotatable bonds is 3. The summed E-state index contributed by atoms with van der Waals surface area (Å²) in [7, 11) is 0. The summed E-state index contributed by atoms with van der Waals surface area (Å²) >= 11 is 0. The van der Waals surface area contributed by atoms with Gasteiger partial charge in [0.1, 0.15) is 0 Å². The minimum absolute atomic E-state index is 0.0304. The van der Waals surface area contributed by atoms with E-state index in [4.69, 9.17) is 5.53 Å². The van der Waals surface area contributed by atoms with E-state index in [9.17, 15) is 4.79 Å². The molecule has 1 aliphatic rings. The van der Waals surface area contributed by atoms with Gasteiger partial charge in [-0.05, 0) is 17.5 Å². The monoisotopic (exact) mass is 257 g/mol. The van der Waals surface area contributed by atoms with E-state index in [-0.39, 0.29) is 11.8 Å². The van der Waals surface area contributed by atoms with Gasteiger partial charge < -0.3 is 4.90 Å². The van der Waals surface area contributed by atoms with Crippen molar-refractivity contribution in [3.63, 3.8) is 0 Å². The van der Waals surface area contributed by atoms with Crippen molar-refractivity contribution >= 4 is 22.6 Å². The van der Waals surface area contributed by atoms with Crippen molar-refractivity contribution in [2.45, 2.75) is 6.42 Å². The second-order valence-corrected chi connectivity index (χ2v) is 4.49. The third kappa shape index (κ3) is 2.09. The summed E-state index contributed by atoms with van der Waals surface area (Å²) in [5.41, 5.74) is 9.76. The first-order valence-corrected chi connectivity index (χ1v) is 5.88. The Morgan fingerprint density at radius 1 is 1.58 bits per heavy atom. The Morgan fingerprint density at radius 2 is 2.47 bits per heavy atom. The molecule has 0 aromatic carbocycles. The van der Waals surface area contributed by atoms with E-state index in [0.29, 0.717) is 25.2 Å². The van der Waals surface area contributed by atoms with Gasteiger partial charge in [-0.25, -0.2) is 4.98 Å². The van der Waals surface area contributed by atoms with Gasteiger partial charge in [0, 0.05) is 29.8 Å². The first kappa shape index (κ1) is 11.5. The van der Waals surface area contributed by atoms with Crippen molar-refractivity contribution in [3.05, 3.63) is 28.9 Å². The Hall–Kier alpha value is -2.60. The predicted molar refractivity (Wildman–Crippen MR) is 68.4 cm³/mol. The van der Waals surface area contributed by atoms with Gasteiger partial charge in [-0.15, -0.1) is 0 Å². The number of anilines is 1. The summed E-state index contributed by atoms with van der Waals surface area (Å²) in [5.74, 6) is 0.103. The maximum Gasteiger partial charge on any atom is 0.227 e. The molecule has 3 heterocycles. The van der Waals surface area contributed by atoms with Gasteiger partial charge in [-0.2, -0.15) is 5.10 Å². The number of amides is 1. The second kappa shape index (κ2) is 4.58. The number of hydrogen-bond acceptors (Lipinski definition) is 4. The van der Waals surface area contributed by atoms with Crippen LogP contribution >= 0.6 is 0 Å². The van der Waals surface area contributed by atoms with Crippen LogP contribution < -0.4 is 4.90 Å². The molecular weight excluding hydrogens is 246 g/mol. The fraction of sp³-hybridized carbons (Fsp3) is 0.364. The molecule has 8 heteroatoms. The Morgan fingerprint density at radius 3 is 3.32 bits per heavy atom. The van der Waals surface area contributed by atoms with Crippen LogP contribution in [-0.4, -0.2) is 34.2 Å². The number of nitrogens with one attached hydrogen (secondary N) is 1. The molecule has 1 amide bonds. The Bertz CT molecular complexity index is 672. The molecule has 0 bridgehead atoms. The maximum atomic E-state index is 12.0. The van der Waals surface area contributed by atoms with E-state index in [1.807, 2.05) is 6.07 Å². The third-order valence-electron chi connectivity index (χ3n) is 3.20. The molecule has 2 aromatic rings. The smallest absolute Gasteiger partial charge is 0.227 e. The van der Waals surface area contributed by atoms with E-state index in [2.05, 4.69) is 25.2 Å². The van der Waals surface area contributed by atoms with Crippen molar-refractivity contribution < 1.29 is 4.79 Å². The van der Waals surface area contributed by atoms with Crippen LogP contribution in [0.5, 0.6) is 0 Å². The highest BCUT2D eigenvalue weighted by molar-refractivity contribution is 5.97. The number of fused-ring (bicyclic) bond motifs is 1. The lowest BCUT2D eigenvalue weighted by Gasteiger charge is -2.15. The first-order valence-electron chi connectivity index (χ1n) is 5.88. The molecule has 1 aliphatic heterocycles. The van der Waals surface area contributed by atoms with Crippen LogP contribution in [-0.2, 0) is 4.79 Å². The number of H-pyrrole nitrogens is 1. The van der Waals surface area contributed by atoms with Crippen LogP contribution in [0, 0.1) is 5.92 Å². The highest BCUT2D eigenvalue weighted by atomic mass is 16.2. The second-order valence-electron chi connectivity index (χ2n) is 4.49. The van der Waals surface area contributed by atoms with Crippen LogP contribution in [0.25, 0.3) is 21.5 Å². The van der Waals surface area contributed by atoms with Gasteiger partial charge in [-0.3, -0.25) is 9.89 Å². The number of aromatic nitrogens is 3. The molecule has 1 fully saturated rings. The SMILES string of the molecule is [N-]=[N+]=NCC1CC(=O)N(c2cnc3[nH]ncc3c2)C1. The minimum atomic E-state index is 0.0304. The van der Waals surface area contributed by atoms with E-state index in [1.165, 1.54) is 0 Å².